The summed E-state index contributed by atoms with van der Waals surface area (Å²) in [6.07, 6.45) is 0.865. The van der Waals surface area contributed by atoms with E-state index < -0.39 is 0 Å². The molecule has 1 saturated heterocycles. The molecule has 0 bridgehead atoms. The lowest BCUT2D eigenvalue weighted by atomic mass is 10.1. The molecule has 5 heteroatoms. The van der Waals surface area contributed by atoms with Crippen LogP contribution < -0.4 is 9.47 Å². The zero-order valence-electron chi connectivity index (χ0n) is 14.4. The van der Waals surface area contributed by atoms with Crippen molar-refractivity contribution in [2.45, 2.75) is 13.0 Å². The average molecular weight is 341 g/mol. The van der Waals surface area contributed by atoms with Crippen LogP contribution in [0, 0.1) is 5.92 Å². The molecule has 0 aromatic heterocycles. The van der Waals surface area contributed by atoms with E-state index >= 15 is 0 Å². The maximum absolute atomic E-state index is 12.5. The molecule has 1 N–H and O–H groups in total. The molecule has 0 radical (unpaired) electrons. The fraction of sp³-hybridized carbons (Fsp3) is 0.350. The predicted molar refractivity (Wildman–Crippen MR) is 94.9 cm³/mol. The number of hydrogen-bond donors (Lipinski definition) is 1. The summed E-state index contributed by atoms with van der Waals surface area (Å²) in [6, 6.07) is 14.9. The quantitative estimate of drug-likeness (QED) is 0.878. The molecule has 132 valence electrons. The summed E-state index contributed by atoms with van der Waals surface area (Å²) in [5, 5.41) is 9.20. The molecule has 1 fully saturated rings. The van der Waals surface area contributed by atoms with Crippen LogP contribution in [0.3, 0.4) is 0 Å². The molecule has 1 atom stereocenters. The van der Waals surface area contributed by atoms with Crippen molar-refractivity contribution >= 4 is 5.91 Å². The van der Waals surface area contributed by atoms with E-state index in [-0.39, 0.29) is 18.4 Å². The van der Waals surface area contributed by atoms with Crippen LogP contribution >= 0.6 is 0 Å². The first-order chi connectivity index (χ1) is 12.2. The maximum Gasteiger partial charge on any atom is 0.253 e. The van der Waals surface area contributed by atoms with Crippen molar-refractivity contribution in [1.82, 2.24) is 4.90 Å². The van der Waals surface area contributed by atoms with E-state index in [0.717, 1.165) is 17.7 Å². The Kier molecular flexibility index (Phi) is 5.56. The molecule has 0 spiro atoms. The van der Waals surface area contributed by atoms with Crippen LogP contribution in [-0.4, -0.2) is 42.7 Å². The van der Waals surface area contributed by atoms with Crippen molar-refractivity contribution in [2.75, 3.05) is 26.8 Å². The Morgan fingerprint density at radius 2 is 2.00 bits per heavy atom. The van der Waals surface area contributed by atoms with Crippen molar-refractivity contribution in [3.05, 3.63) is 59.7 Å². The van der Waals surface area contributed by atoms with Gasteiger partial charge >= 0.3 is 0 Å². The van der Waals surface area contributed by atoms with Crippen LogP contribution in [0.4, 0.5) is 0 Å². The highest BCUT2D eigenvalue weighted by atomic mass is 16.5. The molecule has 0 aliphatic carbocycles. The van der Waals surface area contributed by atoms with Gasteiger partial charge in [-0.05, 0) is 48.4 Å². The first-order valence-electron chi connectivity index (χ1n) is 8.45. The van der Waals surface area contributed by atoms with Crippen molar-refractivity contribution in [1.29, 1.82) is 0 Å². The summed E-state index contributed by atoms with van der Waals surface area (Å²) in [4.78, 5) is 14.3. The smallest absolute Gasteiger partial charge is 0.253 e. The van der Waals surface area contributed by atoms with E-state index in [1.165, 1.54) is 0 Å². The monoisotopic (exact) mass is 341 g/mol. The Bertz CT molecular complexity index is 714. The topological polar surface area (TPSA) is 59.0 Å². The van der Waals surface area contributed by atoms with E-state index in [9.17, 15) is 9.90 Å². The molecule has 2 aromatic rings. The van der Waals surface area contributed by atoms with E-state index in [0.29, 0.717) is 31.0 Å². The molecular weight excluding hydrogens is 318 g/mol. The third-order valence-electron chi connectivity index (χ3n) is 4.47. The highest BCUT2D eigenvalue weighted by Gasteiger charge is 2.26. The minimum absolute atomic E-state index is 0.00953. The molecular formula is C20H23NO4. The number of amides is 1. The first-order valence-corrected chi connectivity index (χ1v) is 8.45. The van der Waals surface area contributed by atoms with Crippen LogP contribution in [0.15, 0.2) is 48.5 Å². The number of carbonyl (C=O) groups is 1. The van der Waals surface area contributed by atoms with Gasteiger partial charge in [0.25, 0.3) is 5.91 Å². The Hall–Kier alpha value is -2.53. The summed E-state index contributed by atoms with van der Waals surface area (Å²) in [5.41, 5.74) is 1.67. The highest BCUT2D eigenvalue weighted by Crippen LogP contribution is 2.21. The number of likely N-dealkylation sites (tertiary alicyclic amines) is 1. The van der Waals surface area contributed by atoms with Crippen LogP contribution in [0.2, 0.25) is 0 Å². The lowest BCUT2D eigenvalue weighted by Gasteiger charge is -2.16. The zero-order valence-corrected chi connectivity index (χ0v) is 14.4. The second-order valence-electron chi connectivity index (χ2n) is 6.25. The van der Waals surface area contributed by atoms with E-state index in [1.807, 2.05) is 36.4 Å². The van der Waals surface area contributed by atoms with Crippen LogP contribution in [0.5, 0.6) is 11.5 Å². The van der Waals surface area contributed by atoms with E-state index in [2.05, 4.69) is 0 Å². The van der Waals surface area contributed by atoms with E-state index in [4.69, 9.17) is 9.47 Å². The van der Waals surface area contributed by atoms with Gasteiger partial charge in [0.1, 0.15) is 18.1 Å². The van der Waals surface area contributed by atoms with Gasteiger partial charge in [0, 0.05) is 31.2 Å². The normalized spacial score (nSPS) is 16.7. The number of nitrogens with zero attached hydrogens (tertiary/aromatic N) is 1. The zero-order chi connectivity index (χ0) is 17.6. The van der Waals surface area contributed by atoms with Gasteiger partial charge in [-0.15, -0.1) is 0 Å². The second-order valence-corrected chi connectivity index (χ2v) is 6.25. The number of aliphatic hydroxyl groups is 1. The van der Waals surface area contributed by atoms with Crippen LogP contribution in [-0.2, 0) is 6.61 Å². The largest absolute Gasteiger partial charge is 0.497 e. The van der Waals surface area contributed by atoms with Crippen LogP contribution in [0.25, 0.3) is 0 Å². The van der Waals surface area contributed by atoms with Gasteiger partial charge < -0.3 is 19.5 Å². The second kappa shape index (κ2) is 8.03. The van der Waals surface area contributed by atoms with Gasteiger partial charge in [-0.25, -0.2) is 0 Å². The van der Waals surface area contributed by atoms with Crippen molar-refractivity contribution in [3.63, 3.8) is 0 Å². The summed E-state index contributed by atoms with van der Waals surface area (Å²) >= 11 is 0. The number of carbonyl (C=O) groups excluding carboxylic acids is 1. The molecule has 5 nitrogen and oxygen atoms in total. The number of rotatable bonds is 6. The third-order valence-corrected chi connectivity index (χ3v) is 4.47. The molecule has 2 aromatic carbocycles. The minimum atomic E-state index is 0.00953. The Morgan fingerprint density at radius 3 is 2.68 bits per heavy atom. The van der Waals surface area contributed by atoms with Crippen molar-refractivity contribution in [2.24, 2.45) is 5.92 Å². The molecule has 1 amide bonds. The van der Waals surface area contributed by atoms with Gasteiger partial charge in [0.05, 0.1) is 7.11 Å². The molecule has 25 heavy (non-hydrogen) atoms. The average Bonchev–Trinajstić information content (AvgIpc) is 3.15. The highest BCUT2D eigenvalue weighted by molar-refractivity contribution is 5.94. The molecule has 0 saturated carbocycles. The van der Waals surface area contributed by atoms with Crippen molar-refractivity contribution < 1.29 is 19.4 Å². The molecule has 1 heterocycles. The SMILES string of the molecule is COc1cccc(COc2ccc(C(=O)N3CCC(CO)C3)cc2)c1. The Labute approximate surface area is 147 Å². The summed E-state index contributed by atoms with van der Waals surface area (Å²) in [7, 11) is 1.64. The lowest BCUT2D eigenvalue weighted by molar-refractivity contribution is 0.0782. The van der Waals surface area contributed by atoms with Gasteiger partial charge in [-0.3, -0.25) is 4.79 Å². The van der Waals surface area contributed by atoms with Gasteiger partial charge in [0.2, 0.25) is 0 Å². The first kappa shape index (κ1) is 17.3. The molecule has 1 aliphatic heterocycles. The Balaban J connectivity index is 1.57. The summed E-state index contributed by atoms with van der Waals surface area (Å²) in [6.45, 7) is 1.91. The Morgan fingerprint density at radius 1 is 1.20 bits per heavy atom. The molecule has 3 rings (SSSR count). The lowest BCUT2D eigenvalue weighted by Crippen LogP contribution is -2.29. The van der Waals surface area contributed by atoms with Gasteiger partial charge in [-0.1, -0.05) is 12.1 Å². The standard InChI is InChI=1S/C20H23NO4/c1-24-19-4-2-3-15(11-19)14-25-18-7-5-17(6-8-18)20(23)21-10-9-16(12-21)13-22/h2-8,11,16,22H,9-10,12-14H2,1H3. The molecule has 1 aliphatic rings. The number of ether oxygens (including phenoxy) is 2. The predicted octanol–water partition coefficient (Wildman–Crippen LogP) is 2.73. The fourth-order valence-electron chi connectivity index (χ4n) is 2.97. The third kappa shape index (κ3) is 4.31. The van der Waals surface area contributed by atoms with Gasteiger partial charge in [0.15, 0.2) is 0 Å². The van der Waals surface area contributed by atoms with Gasteiger partial charge in [-0.2, -0.15) is 0 Å². The number of hydrogen-bond acceptors (Lipinski definition) is 4. The summed E-state index contributed by atoms with van der Waals surface area (Å²) < 4.78 is 11.0. The number of aliphatic hydroxyl groups excluding tert-OH is 1. The maximum atomic E-state index is 12.5. The molecule has 1 unspecified atom stereocenters. The minimum Gasteiger partial charge on any atom is -0.497 e. The van der Waals surface area contributed by atoms with Crippen molar-refractivity contribution in [3.8, 4) is 11.5 Å². The number of benzene rings is 2. The van der Waals surface area contributed by atoms with Crippen LogP contribution in [0.1, 0.15) is 22.3 Å². The fourth-order valence-corrected chi connectivity index (χ4v) is 2.97. The number of methoxy groups -OCH3 is 1. The van der Waals surface area contributed by atoms with E-state index in [1.54, 1.807) is 24.1 Å². The summed E-state index contributed by atoms with van der Waals surface area (Å²) in [5.74, 6) is 1.73.